The maximum atomic E-state index is 13.1. The molecule has 6 heteroatoms. The molecule has 0 saturated heterocycles. The summed E-state index contributed by atoms with van der Waals surface area (Å²) in [6, 6.07) is 11.3. The second-order valence-electron chi connectivity index (χ2n) is 4.04. The van der Waals surface area contributed by atoms with E-state index in [9.17, 15) is 9.18 Å². The maximum Gasteiger partial charge on any atom is 0.243 e. The van der Waals surface area contributed by atoms with E-state index in [0.29, 0.717) is 20.9 Å². The van der Waals surface area contributed by atoms with Crippen molar-refractivity contribution in [1.29, 1.82) is 0 Å². The fourth-order valence-corrected chi connectivity index (χ4v) is 2.03. The third kappa shape index (κ3) is 4.21. The van der Waals surface area contributed by atoms with Gasteiger partial charge < -0.3 is 10.6 Å². The van der Waals surface area contributed by atoms with Crippen molar-refractivity contribution in [2.75, 3.05) is 17.2 Å². The Labute approximate surface area is 129 Å². The van der Waals surface area contributed by atoms with Gasteiger partial charge in [0.15, 0.2) is 0 Å². The molecular weight excluding hydrogens is 347 g/mol. The molecule has 0 bridgehead atoms. The van der Waals surface area contributed by atoms with E-state index in [-0.39, 0.29) is 18.3 Å². The van der Waals surface area contributed by atoms with Crippen molar-refractivity contribution in [3.05, 3.63) is 57.8 Å². The lowest BCUT2D eigenvalue weighted by molar-refractivity contribution is -0.114. The summed E-state index contributed by atoms with van der Waals surface area (Å²) in [5, 5.41) is 6.24. The van der Waals surface area contributed by atoms with Gasteiger partial charge >= 0.3 is 0 Å². The molecule has 3 nitrogen and oxygen atoms in total. The zero-order chi connectivity index (χ0) is 14.5. The third-order valence-corrected chi connectivity index (χ3v) is 3.36. The van der Waals surface area contributed by atoms with E-state index in [0.717, 1.165) is 0 Å². The Morgan fingerprint density at radius 1 is 1.15 bits per heavy atom. The molecule has 0 aromatic heterocycles. The molecule has 2 aromatic rings. The predicted molar refractivity (Wildman–Crippen MR) is 82.7 cm³/mol. The molecule has 2 aromatic carbocycles. The van der Waals surface area contributed by atoms with Crippen LogP contribution in [0.2, 0.25) is 5.02 Å². The molecule has 0 atom stereocenters. The first-order valence-corrected chi connectivity index (χ1v) is 6.96. The van der Waals surface area contributed by atoms with Crippen molar-refractivity contribution in [2.24, 2.45) is 0 Å². The molecule has 0 aliphatic carbocycles. The third-order valence-electron chi connectivity index (χ3n) is 2.50. The van der Waals surface area contributed by atoms with Crippen molar-refractivity contribution < 1.29 is 9.18 Å². The smallest absolute Gasteiger partial charge is 0.243 e. The van der Waals surface area contributed by atoms with E-state index in [1.54, 1.807) is 36.4 Å². The number of halogens is 3. The molecule has 2 N–H and O–H groups in total. The fourth-order valence-electron chi connectivity index (χ4n) is 1.53. The van der Waals surface area contributed by atoms with Crippen LogP contribution < -0.4 is 10.6 Å². The Morgan fingerprint density at radius 3 is 2.45 bits per heavy atom. The van der Waals surface area contributed by atoms with Gasteiger partial charge in [0.2, 0.25) is 5.91 Å². The maximum absolute atomic E-state index is 13.1. The van der Waals surface area contributed by atoms with Crippen molar-refractivity contribution in [3.8, 4) is 0 Å². The predicted octanol–water partition coefficient (Wildman–Crippen LogP) is 4.29. The minimum atomic E-state index is -0.346. The Bertz CT molecular complexity index is 619. The summed E-state index contributed by atoms with van der Waals surface area (Å²) in [5.74, 6) is -0.547. The van der Waals surface area contributed by atoms with Crippen LogP contribution in [0.5, 0.6) is 0 Å². The molecule has 0 unspecified atom stereocenters. The molecule has 0 aliphatic rings. The minimum absolute atomic E-state index is 0.0840. The summed E-state index contributed by atoms with van der Waals surface area (Å²) in [6.07, 6.45) is 0. The summed E-state index contributed by atoms with van der Waals surface area (Å²) in [4.78, 5) is 11.7. The molecule has 0 aliphatic heterocycles. The van der Waals surface area contributed by atoms with Crippen LogP contribution in [0.1, 0.15) is 0 Å². The summed E-state index contributed by atoms with van der Waals surface area (Å²) in [6.45, 7) is 0.0840. The van der Waals surface area contributed by atoms with E-state index in [1.807, 2.05) is 0 Å². The van der Waals surface area contributed by atoms with Crippen LogP contribution in [-0.4, -0.2) is 12.5 Å². The van der Waals surface area contributed by atoms with Crippen molar-refractivity contribution in [3.63, 3.8) is 0 Å². The molecule has 0 heterocycles. The number of amides is 1. The standard InChI is InChI=1S/C14H11BrClFN2O/c15-12-7-11(5-6-13(12)17)18-8-14(20)19-10-3-1-9(16)2-4-10/h1-7,18H,8H2,(H,19,20). The Balaban J connectivity index is 1.88. The first-order chi connectivity index (χ1) is 9.54. The quantitative estimate of drug-likeness (QED) is 0.857. The first-order valence-electron chi connectivity index (χ1n) is 5.79. The summed E-state index contributed by atoms with van der Waals surface area (Å²) >= 11 is 8.84. The second-order valence-corrected chi connectivity index (χ2v) is 5.33. The van der Waals surface area contributed by atoms with Crippen LogP contribution in [0, 0.1) is 5.82 Å². The number of hydrogen-bond acceptors (Lipinski definition) is 2. The van der Waals surface area contributed by atoms with Crippen LogP contribution in [0.3, 0.4) is 0 Å². The summed E-state index contributed by atoms with van der Waals surface area (Å²) in [5.41, 5.74) is 1.33. The summed E-state index contributed by atoms with van der Waals surface area (Å²) < 4.78 is 13.4. The van der Waals surface area contributed by atoms with Crippen molar-refractivity contribution in [1.82, 2.24) is 0 Å². The van der Waals surface area contributed by atoms with Crippen LogP contribution in [-0.2, 0) is 4.79 Å². The number of hydrogen-bond donors (Lipinski definition) is 2. The number of nitrogens with one attached hydrogen (secondary N) is 2. The van der Waals surface area contributed by atoms with Gasteiger partial charge in [0.05, 0.1) is 11.0 Å². The van der Waals surface area contributed by atoms with Crippen LogP contribution in [0.25, 0.3) is 0 Å². The molecule has 0 radical (unpaired) electrons. The van der Waals surface area contributed by atoms with E-state index >= 15 is 0 Å². The van der Waals surface area contributed by atoms with Gasteiger partial charge in [0.25, 0.3) is 0 Å². The molecule has 0 fully saturated rings. The lowest BCUT2D eigenvalue weighted by Gasteiger charge is -2.08. The highest BCUT2D eigenvalue weighted by Crippen LogP contribution is 2.19. The molecular formula is C14H11BrClFN2O. The molecule has 20 heavy (non-hydrogen) atoms. The van der Waals surface area contributed by atoms with Gasteiger partial charge in [-0.3, -0.25) is 4.79 Å². The van der Waals surface area contributed by atoms with Crippen molar-refractivity contribution in [2.45, 2.75) is 0 Å². The largest absolute Gasteiger partial charge is 0.376 e. The number of anilines is 2. The number of carbonyl (C=O) groups is 1. The van der Waals surface area contributed by atoms with Gasteiger partial charge in [-0.05, 0) is 58.4 Å². The molecule has 0 spiro atoms. The molecule has 0 saturated carbocycles. The van der Waals surface area contributed by atoms with Crippen LogP contribution in [0.15, 0.2) is 46.9 Å². The van der Waals surface area contributed by atoms with E-state index in [2.05, 4.69) is 26.6 Å². The summed E-state index contributed by atoms with van der Waals surface area (Å²) in [7, 11) is 0. The van der Waals surface area contributed by atoms with Gasteiger partial charge in [-0.1, -0.05) is 11.6 Å². The highest BCUT2D eigenvalue weighted by atomic mass is 79.9. The normalized spacial score (nSPS) is 10.2. The van der Waals surface area contributed by atoms with Gasteiger partial charge in [0, 0.05) is 16.4 Å². The first kappa shape index (κ1) is 14.8. The van der Waals surface area contributed by atoms with Gasteiger partial charge in [-0.15, -0.1) is 0 Å². The van der Waals surface area contributed by atoms with E-state index < -0.39 is 0 Å². The minimum Gasteiger partial charge on any atom is -0.376 e. The lowest BCUT2D eigenvalue weighted by Crippen LogP contribution is -2.21. The Kier molecular flexibility index (Phi) is 4.98. The van der Waals surface area contributed by atoms with Gasteiger partial charge in [-0.25, -0.2) is 4.39 Å². The Hall–Kier alpha value is -1.59. The van der Waals surface area contributed by atoms with Crippen LogP contribution in [0.4, 0.5) is 15.8 Å². The number of rotatable bonds is 4. The Morgan fingerprint density at radius 2 is 1.80 bits per heavy atom. The van der Waals surface area contributed by atoms with Gasteiger partial charge in [0.1, 0.15) is 5.82 Å². The van der Waals surface area contributed by atoms with E-state index in [1.165, 1.54) is 6.07 Å². The zero-order valence-corrected chi connectivity index (χ0v) is 12.6. The number of carbonyl (C=O) groups excluding carboxylic acids is 1. The zero-order valence-electron chi connectivity index (χ0n) is 10.3. The fraction of sp³-hybridized carbons (Fsp3) is 0.0714. The topological polar surface area (TPSA) is 41.1 Å². The monoisotopic (exact) mass is 356 g/mol. The second kappa shape index (κ2) is 6.72. The molecule has 1 amide bonds. The lowest BCUT2D eigenvalue weighted by atomic mass is 10.3. The highest BCUT2D eigenvalue weighted by molar-refractivity contribution is 9.10. The van der Waals surface area contributed by atoms with Crippen molar-refractivity contribution >= 4 is 44.8 Å². The van der Waals surface area contributed by atoms with Gasteiger partial charge in [-0.2, -0.15) is 0 Å². The average molecular weight is 358 g/mol. The van der Waals surface area contributed by atoms with Crippen LogP contribution >= 0.6 is 27.5 Å². The SMILES string of the molecule is O=C(CNc1ccc(F)c(Br)c1)Nc1ccc(Cl)cc1. The molecule has 2 rings (SSSR count). The van der Waals surface area contributed by atoms with E-state index in [4.69, 9.17) is 11.6 Å². The average Bonchev–Trinajstić information content (AvgIpc) is 2.43. The highest BCUT2D eigenvalue weighted by Gasteiger charge is 2.04. The number of benzene rings is 2. The molecule has 104 valence electrons.